The summed E-state index contributed by atoms with van der Waals surface area (Å²) >= 11 is 1.32. The summed E-state index contributed by atoms with van der Waals surface area (Å²) in [6.45, 7) is 1.49. The highest BCUT2D eigenvalue weighted by Crippen LogP contribution is 2.36. The van der Waals surface area contributed by atoms with E-state index < -0.39 is 11.2 Å². The van der Waals surface area contributed by atoms with Crippen LogP contribution in [-0.4, -0.2) is 29.6 Å². The van der Waals surface area contributed by atoms with E-state index in [9.17, 15) is 14.4 Å². The molecule has 1 aliphatic rings. The number of nitrogens with one attached hydrogen (secondary N) is 2. The molecule has 0 aliphatic carbocycles. The number of fused-ring (bicyclic) bond motifs is 1. The predicted octanol–water partition coefficient (Wildman–Crippen LogP) is 2.91. The third-order valence-corrected chi connectivity index (χ3v) is 5.38. The van der Waals surface area contributed by atoms with E-state index in [2.05, 4.69) is 10.6 Å². The quantitative estimate of drug-likeness (QED) is 0.748. The number of carbonyl (C=O) groups excluding carboxylic acids is 3. The molecule has 2 aromatic carbocycles. The van der Waals surface area contributed by atoms with E-state index in [0.717, 1.165) is 16.1 Å². The predicted molar refractivity (Wildman–Crippen MR) is 103 cm³/mol. The first-order chi connectivity index (χ1) is 13.0. The number of hydrogen-bond donors (Lipinski definition) is 2. The van der Waals surface area contributed by atoms with Crippen molar-refractivity contribution in [1.82, 2.24) is 5.32 Å². The minimum atomic E-state index is -0.579. The first-order valence-electron chi connectivity index (χ1n) is 8.59. The molecule has 7 heteroatoms. The van der Waals surface area contributed by atoms with Gasteiger partial charge in [-0.15, -0.1) is 11.8 Å². The Balaban J connectivity index is 1.46. The Morgan fingerprint density at radius 1 is 1.15 bits per heavy atom. The Morgan fingerprint density at radius 2 is 1.85 bits per heavy atom. The van der Waals surface area contributed by atoms with E-state index in [1.165, 1.54) is 11.8 Å². The summed E-state index contributed by atoms with van der Waals surface area (Å²) in [5.74, 6) is -1.20. The van der Waals surface area contributed by atoms with Gasteiger partial charge in [-0.2, -0.15) is 0 Å². The summed E-state index contributed by atoms with van der Waals surface area (Å²) in [6.07, 6.45) is -0.0909. The Kier molecular flexibility index (Phi) is 6.13. The van der Waals surface area contributed by atoms with Crippen molar-refractivity contribution >= 4 is 35.2 Å². The Labute approximate surface area is 161 Å². The molecule has 2 N–H and O–H groups in total. The van der Waals surface area contributed by atoms with Crippen LogP contribution in [0.3, 0.4) is 0 Å². The number of para-hydroxylation sites is 1. The zero-order chi connectivity index (χ0) is 19.2. The van der Waals surface area contributed by atoms with Crippen LogP contribution >= 0.6 is 11.8 Å². The number of rotatable bonds is 6. The van der Waals surface area contributed by atoms with Crippen molar-refractivity contribution in [2.75, 3.05) is 11.9 Å². The van der Waals surface area contributed by atoms with Crippen LogP contribution in [0.2, 0.25) is 0 Å². The van der Waals surface area contributed by atoms with Crippen LogP contribution in [-0.2, 0) is 19.1 Å². The molecule has 0 radical (unpaired) electrons. The summed E-state index contributed by atoms with van der Waals surface area (Å²) in [4.78, 5) is 37.0. The fraction of sp³-hybridized carbons (Fsp3) is 0.250. The minimum Gasteiger partial charge on any atom is -0.456 e. The van der Waals surface area contributed by atoms with Crippen LogP contribution < -0.4 is 10.6 Å². The molecule has 0 bridgehead atoms. The lowest BCUT2D eigenvalue weighted by Crippen LogP contribution is -2.34. The third-order valence-electron chi connectivity index (χ3n) is 4.10. The molecule has 2 atom stereocenters. The van der Waals surface area contributed by atoms with Crippen LogP contribution in [0.5, 0.6) is 0 Å². The van der Waals surface area contributed by atoms with Crippen LogP contribution in [0.15, 0.2) is 59.5 Å². The number of benzene rings is 2. The molecule has 0 fully saturated rings. The molecule has 0 saturated heterocycles. The number of amides is 2. The zero-order valence-corrected chi connectivity index (χ0v) is 15.6. The van der Waals surface area contributed by atoms with Crippen LogP contribution in [0.1, 0.15) is 24.9 Å². The molecule has 3 rings (SSSR count). The van der Waals surface area contributed by atoms with Crippen molar-refractivity contribution in [2.45, 2.75) is 29.5 Å². The van der Waals surface area contributed by atoms with Gasteiger partial charge >= 0.3 is 5.97 Å². The summed E-state index contributed by atoms with van der Waals surface area (Å²) in [5, 5.41) is 4.98. The molecule has 140 valence electrons. The van der Waals surface area contributed by atoms with Crippen molar-refractivity contribution < 1.29 is 19.1 Å². The zero-order valence-electron chi connectivity index (χ0n) is 14.8. The Hall–Kier alpha value is -2.80. The number of hydrogen-bond acceptors (Lipinski definition) is 5. The van der Waals surface area contributed by atoms with E-state index in [1.54, 1.807) is 0 Å². The topological polar surface area (TPSA) is 84.5 Å². The fourth-order valence-electron chi connectivity index (χ4n) is 2.69. The van der Waals surface area contributed by atoms with Crippen LogP contribution in [0.4, 0.5) is 5.69 Å². The van der Waals surface area contributed by atoms with Crippen molar-refractivity contribution in [3.8, 4) is 0 Å². The van der Waals surface area contributed by atoms with Gasteiger partial charge in [0.15, 0.2) is 6.61 Å². The first-order valence-corrected chi connectivity index (χ1v) is 9.47. The Bertz CT molecular complexity index is 841. The van der Waals surface area contributed by atoms with Gasteiger partial charge < -0.3 is 15.4 Å². The van der Waals surface area contributed by atoms with Gasteiger partial charge in [-0.05, 0) is 24.6 Å². The molecule has 27 heavy (non-hydrogen) atoms. The monoisotopic (exact) mass is 384 g/mol. The van der Waals surface area contributed by atoms with Crippen molar-refractivity contribution in [1.29, 1.82) is 0 Å². The molecule has 2 aromatic rings. The third kappa shape index (κ3) is 5.10. The highest BCUT2D eigenvalue weighted by molar-refractivity contribution is 8.01. The van der Waals surface area contributed by atoms with Gasteiger partial charge in [-0.25, -0.2) is 0 Å². The summed E-state index contributed by atoms with van der Waals surface area (Å²) in [5.41, 5.74) is 1.71. The number of ether oxygens (including phenoxy) is 1. The smallest absolute Gasteiger partial charge is 0.307 e. The van der Waals surface area contributed by atoms with Gasteiger partial charge in [0.05, 0.1) is 23.4 Å². The molecule has 1 heterocycles. The maximum atomic E-state index is 12.1. The maximum Gasteiger partial charge on any atom is 0.307 e. The van der Waals surface area contributed by atoms with Crippen LogP contribution in [0.25, 0.3) is 0 Å². The summed E-state index contributed by atoms with van der Waals surface area (Å²) < 4.78 is 5.04. The highest BCUT2D eigenvalue weighted by atomic mass is 32.2. The van der Waals surface area contributed by atoms with Gasteiger partial charge in [0, 0.05) is 4.90 Å². The van der Waals surface area contributed by atoms with E-state index in [1.807, 2.05) is 61.5 Å². The number of esters is 1. The second-order valence-corrected chi connectivity index (χ2v) is 7.40. The van der Waals surface area contributed by atoms with Gasteiger partial charge in [-0.3, -0.25) is 14.4 Å². The second-order valence-electron chi connectivity index (χ2n) is 6.16. The standard InChI is InChI=1S/C20H20N2O4S/c1-13(14-7-3-2-4-8-14)21-18(23)12-26-19(24)11-17-20(25)22-15-9-5-6-10-16(15)27-17/h2-10,13,17H,11-12H2,1H3,(H,21,23)(H,22,25)/t13-,17+/m0/s1. The minimum absolute atomic E-state index is 0.0909. The van der Waals surface area contributed by atoms with Crippen molar-refractivity contribution in [3.63, 3.8) is 0 Å². The lowest BCUT2D eigenvalue weighted by Gasteiger charge is -2.23. The van der Waals surface area contributed by atoms with E-state index in [4.69, 9.17) is 4.74 Å². The molecule has 0 aromatic heterocycles. The second kappa shape index (κ2) is 8.73. The molecule has 0 saturated carbocycles. The van der Waals surface area contributed by atoms with E-state index in [0.29, 0.717) is 0 Å². The lowest BCUT2D eigenvalue weighted by atomic mass is 10.1. The molecule has 2 amide bonds. The SMILES string of the molecule is C[C@H](NC(=O)COC(=O)C[C@H]1Sc2ccccc2NC1=O)c1ccccc1. The van der Waals surface area contributed by atoms with E-state index in [-0.39, 0.29) is 30.9 Å². The van der Waals surface area contributed by atoms with E-state index >= 15 is 0 Å². The number of thioether (sulfide) groups is 1. The normalized spacial score (nSPS) is 16.6. The lowest BCUT2D eigenvalue weighted by molar-refractivity contribution is -0.149. The Morgan fingerprint density at radius 3 is 2.63 bits per heavy atom. The first kappa shape index (κ1) is 19.0. The molecular weight excluding hydrogens is 364 g/mol. The van der Waals surface area contributed by atoms with Crippen molar-refractivity contribution in [2.24, 2.45) is 0 Å². The molecule has 6 nitrogen and oxygen atoms in total. The number of anilines is 1. The maximum absolute atomic E-state index is 12.1. The number of carbonyl (C=O) groups is 3. The van der Waals surface area contributed by atoms with Gasteiger partial charge in [0.25, 0.3) is 5.91 Å². The average Bonchev–Trinajstić information content (AvgIpc) is 2.67. The highest BCUT2D eigenvalue weighted by Gasteiger charge is 2.29. The molecule has 1 aliphatic heterocycles. The fourth-order valence-corrected chi connectivity index (χ4v) is 3.79. The average molecular weight is 384 g/mol. The van der Waals surface area contributed by atoms with Gasteiger partial charge in [0.1, 0.15) is 0 Å². The summed E-state index contributed by atoms with van der Waals surface area (Å²) in [7, 11) is 0. The van der Waals surface area contributed by atoms with Gasteiger partial charge in [-0.1, -0.05) is 42.5 Å². The molecular formula is C20H20N2O4S. The van der Waals surface area contributed by atoms with Crippen LogP contribution in [0, 0.1) is 0 Å². The largest absolute Gasteiger partial charge is 0.456 e. The van der Waals surface area contributed by atoms with Gasteiger partial charge in [0.2, 0.25) is 5.91 Å². The van der Waals surface area contributed by atoms with Crippen molar-refractivity contribution in [3.05, 3.63) is 60.2 Å². The molecule has 0 spiro atoms. The molecule has 0 unspecified atom stereocenters. The summed E-state index contributed by atoms with van der Waals surface area (Å²) in [6, 6.07) is 16.7.